The van der Waals surface area contributed by atoms with Crippen LogP contribution < -0.4 is 4.74 Å². The summed E-state index contributed by atoms with van der Waals surface area (Å²) in [5.41, 5.74) is 3.88. The molecule has 0 saturated carbocycles. The molecule has 0 aliphatic heterocycles. The lowest BCUT2D eigenvalue weighted by Crippen LogP contribution is -2.20. The van der Waals surface area contributed by atoms with Crippen molar-refractivity contribution in [2.24, 2.45) is 0 Å². The van der Waals surface area contributed by atoms with Crippen molar-refractivity contribution in [3.8, 4) is 5.75 Å². The first-order valence-corrected chi connectivity index (χ1v) is 6.52. The molecule has 0 spiro atoms. The fraction of sp³-hybridized carbons (Fsp3) is 0.600. The standard InChI is InChI=1S/C15H25NO2/c1-12-13(2)15(18-4)8-7-14(12)11-16(3)9-5-6-10-17/h7-8,17H,5-6,9-11H2,1-4H3. The summed E-state index contributed by atoms with van der Waals surface area (Å²) in [6.07, 6.45) is 1.92. The average Bonchev–Trinajstić information content (AvgIpc) is 2.36. The third kappa shape index (κ3) is 4.00. The molecule has 1 aromatic rings. The molecule has 0 saturated heterocycles. The molecule has 0 radical (unpaired) electrons. The first kappa shape index (κ1) is 15.0. The van der Waals surface area contributed by atoms with Gasteiger partial charge in [0.1, 0.15) is 5.75 Å². The Morgan fingerprint density at radius 1 is 1.17 bits per heavy atom. The number of hydrogen-bond donors (Lipinski definition) is 1. The number of ether oxygens (including phenoxy) is 1. The highest BCUT2D eigenvalue weighted by molar-refractivity contribution is 5.43. The molecule has 0 aliphatic rings. The molecule has 1 rings (SSSR count). The second-order valence-electron chi connectivity index (χ2n) is 4.85. The number of methoxy groups -OCH3 is 1. The first-order chi connectivity index (χ1) is 8.60. The molecule has 18 heavy (non-hydrogen) atoms. The minimum atomic E-state index is 0.286. The molecule has 3 heteroatoms. The monoisotopic (exact) mass is 251 g/mol. The number of hydrogen-bond acceptors (Lipinski definition) is 3. The second-order valence-corrected chi connectivity index (χ2v) is 4.85. The molecule has 0 amide bonds. The molecule has 3 nitrogen and oxygen atoms in total. The van der Waals surface area contributed by atoms with Gasteiger partial charge in [-0.2, -0.15) is 0 Å². The van der Waals surface area contributed by atoms with E-state index in [2.05, 4.69) is 31.9 Å². The lowest BCUT2D eigenvalue weighted by atomic mass is 10.0. The van der Waals surface area contributed by atoms with Crippen LogP contribution in [0.3, 0.4) is 0 Å². The van der Waals surface area contributed by atoms with Crippen molar-refractivity contribution in [3.63, 3.8) is 0 Å². The first-order valence-electron chi connectivity index (χ1n) is 6.52. The number of unbranched alkanes of at least 4 members (excludes halogenated alkanes) is 1. The average molecular weight is 251 g/mol. The van der Waals surface area contributed by atoms with Crippen molar-refractivity contribution in [1.82, 2.24) is 4.90 Å². The molecule has 0 aliphatic carbocycles. The van der Waals surface area contributed by atoms with Crippen LogP contribution >= 0.6 is 0 Å². The molecule has 0 aromatic heterocycles. The van der Waals surface area contributed by atoms with Gasteiger partial charge in [0.2, 0.25) is 0 Å². The molecule has 0 fully saturated rings. The van der Waals surface area contributed by atoms with Gasteiger partial charge in [-0.3, -0.25) is 0 Å². The largest absolute Gasteiger partial charge is 0.496 e. The summed E-state index contributed by atoms with van der Waals surface area (Å²) in [6.45, 7) is 6.50. The number of rotatable bonds is 7. The summed E-state index contributed by atoms with van der Waals surface area (Å²) >= 11 is 0. The quantitative estimate of drug-likeness (QED) is 0.756. The SMILES string of the molecule is COc1ccc(CN(C)CCCCO)c(C)c1C. The van der Waals surface area contributed by atoms with E-state index in [0.29, 0.717) is 0 Å². The van der Waals surface area contributed by atoms with Crippen LogP contribution in [0.1, 0.15) is 29.5 Å². The van der Waals surface area contributed by atoms with Gasteiger partial charge in [0.05, 0.1) is 7.11 Å². The van der Waals surface area contributed by atoms with E-state index in [-0.39, 0.29) is 6.61 Å². The maximum absolute atomic E-state index is 8.77. The van der Waals surface area contributed by atoms with Crippen LogP contribution in [0.15, 0.2) is 12.1 Å². The Bertz CT molecular complexity index is 377. The predicted octanol–water partition coefficient (Wildman–Crippen LogP) is 2.52. The zero-order valence-electron chi connectivity index (χ0n) is 12.0. The summed E-state index contributed by atoms with van der Waals surface area (Å²) in [6, 6.07) is 4.18. The van der Waals surface area contributed by atoms with E-state index in [0.717, 1.165) is 31.7 Å². The minimum Gasteiger partial charge on any atom is -0.496 e. The van der Waals surface area contributed by atoms with E-state index < -0.39 is 0 Å². The molecule has 0 atom stereocenters. The summed E-state index contributed by atoms with van der Waals surface area (Å²) < 4.78 is 5.32. The van der Waals surface area contributed by atoms with E-state index in [9.17, 15) is 0 Å². The molecule has 1 aromatic carbocycles. The maximum atomic E-state index is 8.77. The molecule has 102 valence electrons. The third-order valence-corrected chi connectivity index (χ3v) is 3.46. The second kappa shape index (κ2) is 7.39. The van der Waals surface area contributed by atoms with Crippen LogP contribution in [-0.4, -0.2) is 37.3 Å². The summed E-state index contributed by atoms with van der Waals surface area (Å²) in [4.78, 5) is 2.30. The van der Waals surface area contributed by atoms with Gasteiger partial charge in [0.25, 0.3) is 0 Å². The van der Waals surface area contributed by atoms with Crippen LogP contribution in [0.25, 0.3) is 0 Å². The summed E-state index contributed by atoms with van der Waals surface area (Å²) in [5, 5.41) is 8.77. The highest BCUT2D eigenvalue weighted by atomic mass is 16.5. The highest BCUT2D eigenvalue weighted by Gasteiger charge is 2.08. The zero-order valence-corrected chi connectivity index (χ0v) is 12.0. The van der Waals surface area contributed by atoms with Gasteiger partial charge in [0.15, 0.2) is 0 Å². The molecule has 1 N–H and O–H groups in total. The maximum Gasteiger partial charge on any atom is 0.122 e. The molecule has 0 unspecified atom stereocenters. The van der Waals surface area contributed by atoms with Crippen LogP contribution in [0.5, 0.6) is 5.75 Å². The fourth-order valence-corrected chi connectivity index (χ4v) is 2.11. The number of nitrogens with zero attached hydrogens (tertiary/aromatic N) is 1. The van der Waals surface area contributed by atoms with E-state index in [1.54, 1.807) is 7.11 Å². The number of benzene rings is 1. The lowest BCUT2D eigenvalue weighted by Gasteiger charge is -2.19. The molecular formula is C15H25NO2. The molecule has 0 bridgehead atoms. The summed E-state index contributed by atoms with van der Waals surface area (Å²) in [5.74, 6) is 0.958. The normalized spacial score (nSPS) is 11.0. The molecule has 0 heterocycles. The zero-order chi connectivity index (χ0) is 13.5. The van der Waals surface area contributed by atoms with Crippen LogP contribution in [0.4, 0.5) is 0 Å². The van der Waals surface area contributed by atoms with Crippen molar-refractivity contribution in [2.45, 2.75) is 33.2 Å². The Hall–Kier alpha value is -1.06. The van der Waals surface area contributed by atoms with Gasteiger partial charge < -0.3 is 14.7 Å². The van der Waals surface area contributed by atoms with Crippen LogP contribution in [0.2, 0.25) is 0 Å². The Kier molecular flexibility index (Phi) is 6.16. The smallest absolute Gasteiger partial charge is 0.122 e. The Morgan fingerprint density at radius 3 is 2.50 bits per heavy atom. The Balaban J connectivity index is 2.64. The lowest BCUT2D eigenvalue weighted by molar-refractivity contribution is 0.261. The van der Waals surface area contributed by atoms with Crippen molar-refractivity contribution in [1.29, 1.82) is 0 Å². The van der Waals surface area contributed by atoms with Gasteiger partial charge in [-0.15, -0.1) is 0 Å². The predicted molar refractivity (Wildman–Crippen MR) is 75.1 cm³/mol. The van der Waals surface area contributed by atoms with Gasteiger partial charge in [-0.05, 0) is 63.0 Å². The van der Waals surface area contributed by atoms with Crippen molar-refractivity contribution in [3.05, 3.63) is 28.8 Å². The van der Waals surface area contributed by atoms with Crippen LogP contribution in [-0.2, 0) is 6.54 Å². The van der Waals surface area contributed by atoms with Gasteiger partial charge in [0, 0.05) is 13.2 Å². The summed E-state index contributed by atoms with van der Waals surface area (Å²) in [7, 11) is 3.83. The van der Waals surface area contributed by atoms with Gasteiger partial charge >= 0.3 is 0 Å². The topological polar surface area (TPSA) is 32.7 Å². The van der Waals surface area contributed by atoms with Gasteiger partial charge in [-0.25, -0.2) is 0 Å². The Morgan fingerprint density at radius 2 is 1.89 bits per heavy atom. The number of aliphatic hydroxyl groups excluding tert-OH is 1. The van der Waals surface area contributed by atoms with Crippen molar-refractivity contribution < 1.29 is 9.84 Å². The van der Waals surface area contributed by atoms with Crippen molar-refractivity contribution >= 4 is 0 Å². The fourth-order valence-electron chi connectivity index (χ4n) is 2.11. The van der Waals surface area contributed by atoms with E-state index in [1.165, 1.54) is 16.7 Å². The minimum absolute atomic E-state index is 0.286. The van der Waals surface area contributed by atoms with Gasteiger partial charge in [-0.1, -0.05) is 6.07 Å². The highest BCUT2D eigenvalue weighted by Crippen LogP contribution is 2.24. The van der Waals surface area contributed by atoms with Crippen molar-refractivity contribution in [2.75, 3.05) is 27.3 Å². The molecular weight excluding hydrogens is 226 g/mol. The number of aliphatic hydroxyl groups is 1. The van der Waals surface area contributed by atoms with E-state index in [4.69, 9.17) is 9.84 Å². The van der Waals surface area contributed by atoms with Crippen LogP contribution in [0, 0.1) is 13.8 Å². The third-order valence-electron chi connectivity index (χ3n) is 3.46. The van der Waals surface area contributed by atoms with E-state index in [1.807, 2.05) is 6.07 Å². The van der Waals surface area contributed by atoms with E-state index >= 15 is 0 Å². The Labute approximate surface area is 110 Å².